The molecule has 0 saturated carbocycles. The molecule has 0 bridgehead atoms. The van der Waals surface area contributed by atoms with Crippen LogP contribution >= 0.6 is 0 Å². The number of furan rings is 1. The van der Waals surface area contributed by atoms with Gasteiger partial charge < -0.3 is 14.5 Å². The molecule has 26 heavy (non-hydrogen) atoms. The number of carbonyl (C=O) groups excluding carboxylic acids is 1. The Balaban J connectivity index is 1.95. The summed E-state index contributed by atoms with van der Waals surface area (Å²) in [5.74, 6) is 4.05. The van der Waals surface area contributed by atoms with Gasteiger partial charge in [-0.15, -0.1) is 6.42 Å². The van der Waals surface area contributed by atoms with E-state index in [9.17, 15) is 4.79 Å². The van der Waals surface area contributed by atoms with Gasteiger partial charge in [0, 0.05) is 30.8 Å². The number of fused-ring (bicyclic) bond motifs is 1. The highest BCUT2D eigenvalue weighted by atomic mass is 16.5. The largest absolute Gasteiger partial charge is 0.481 e. The Bertz CT molecular complexity index is 935. The van der Waals surface area contributed by atoms with E-state index in [2.05, 4.69) is 23.4 Å². The number of amides is 1. The molecule has 2 aromatic carbocycles. The molecule has 1 amide bonds. The number of benzene rings is 2. The predicted molar refractivity (Wildman–Crippen MR) is 102 cm³/mol. The summed E-state index contributed by atoms with van der Waals surface area (Å²) in [6.07, 6.45) is 6.66. The fraction of sp³-hybridized carbons (Fsp3) is 0.227. The summed E-state index contributed by atoms with van der Waals surface area (Å²) >= 11 is 0. The van der Waals surface area contributed by atoms with Crippen LogP contribution < -0.4 is 10.1 Å². The van der Waals surface area contributed by atoms with Crippen molar-refractivity contribution in [3.8, 4) is 18.1 Å². The van der Waals surface area contributed by atoms with E-state index < -0.39 is 0 Å². The summed E-state index contributed by atoms with van der Waals surface area (Å²) in [6, 6.07) is 15.9. The molecule has 4 heteroatoms. The molecule has 0 aliphatic rings. The van der Waals surface area contributed by atoms with Gasteiger partial charge in [0.15, 0.2) is 0 Å². The second kappa shape index (κ2) is 8.26. The van der Waals surface area contributed by atoms with Crippen LogP contribution in [0.4, 0.5) is 0 Å². The van der Waals surface area contributed by atoms with Crippen molar-refractivity contribution in [3.63, 3.8) is 0 Å². The van der Waals surface area contributed by atoms with Gasteiger partial charge >= 0.3 is 0 Å². The highest BCUT2D eigenvalue weighted by Gasteiger charge is 2.15. The number of ether oxygens (including phenoxy) is 1. The molecule has 0 spiro atoms. The molecule has 0 atom stereocenters. The van der Waals surface area contributed by atoms with Crippen molar-refractivity contribution in [3.05, 3.63) is 65.4 Å². The fourth-order valence-corrected chi connectivity index (χ4v) is 2.95. The van der Waals surface area contributed by atoms with E-state index in [4.69, 9.17) is 15.6 Å². The van der Waals surface area contributed by atoms with Crippen molar-refractivity contribution in [2.24, 2.45) is 0 Å². The zero-order valence-corrected chi connectivity index (χ0v) is 14.7. The van der Waals surface area contributed by atoms with Gasteiger partial charge in [-0.25, -0.2) is 0 Å². The molecule has 0 aliphatic carbocycles. The Morgan fingerprint density at radius 3 is 2.77 bits per heavy atom. The molecule has 0 unspecified atom stereocenters. The molecule has 3 aromatic rings. The highest BCUT2D eigenvalue weighted by Crippen LogP contribution is 2.31. The van der Waals surface area contributed by atoms with Crippen LogP contribution in [0.5, 0.6) is 5.75 Å². The SMILES string of the molecule is C#CCOc1ccc2oc(Cc3ccccc3)c(CCNC(C)=O)c2c1. The standard InChI is InChI=1S/C22H21NO3/c1-3-13-25-18-9-10-21-20(15-18)19(11-12-23-16(2)24)22(26-21)14-17-7-5-4-6-8-17/h1,4-10,15H,11-14H2,2H3,(H,23,24). The zero-order chi connectivity index (χ0) is 18.4. The van der Waals surface area contributed by atoms with Crippen molar-refractivity contribution in [1.82, 2.24) is 5.32 Å². The minimum Gasteiger partial charge on any atom is -0.481 e. The Kier molecular flexibility index (Phi) is 5.60. The van der Waals surface area contributed by atoms with Crippen molar-refractivity contribution in [1.29, 1.82) is 0 Å². The predicted octanol–water partition coefficient (Wildman–Crippen LogP) is 3.71. The van der Waals surface area contributed by atoms with Crippen molar-refractivity contribution >= 4 is 16.9 Å². The zero-order valence-electron chi connectivity index (χ0n) is 14.7. The van der Waals surface area contributed by atoms with Gasteiger partial charge in [0.05, 0.1) is 0 Å². The Hall–Kier alpha value is -3.19. The number of carbonyl (C=O) groups is 1. The van der Waals surface area contributed by atoms with Gasteiger partial charge in [-0.05, 0) is 30.2 Å². The van der Waals surface area contributed by atoms with Gasteiger partial charge in [0.25, 0.3) is 0 Å². The maximum atomic E-state index is 11.2. The van der Waals surface area contributed by atoms with Gasteiger partial charge in [-0.1, -0.05) is 36.3 Å². The van der Waals surface area contributed by atoms with E-state index in [0.29, 0.717) is 25.1 Å². The van der Waals surface area contributed by atoms with E-state index in [-0.39, 0.29) is 12.5 Å². The quantitative estimate of drug-likeness (QED) is 0.663. The minimum absolute atomic E-state index is 0.0412. The molecule has 1 aromatic heterocycles. The molecule has 3 rings (SSSR count). The number of hydrogen-bond donors (Lipinski definition) is 1. The summed E-state index contributed by atoms with van der Waals surface area (Å²) in [6.45, 7) is 2.30. The van der Waals surface area contributed by atoms with Gasteiger partial charge in [0.1, 0.15) is 23.7 Å². The normalized spacial score (nSPS) is 10.5. The summed E-state index contributed by atoms with van der Waals surface area (Å²) in [4.78, 5) is 11.2. The third kappa shape index (κ3) is 4.25. The van der Waals surface area contributed by atoms with E-state index >= 15 is 0 Å². The van der Waals surface area contributed by atoms with Crippen LogP contribution in [0.1, 0.15) is 23.8 Å². The number of nitrogens with one attached hydrogen (secondary N) is 1. The Labute approximate surface area is 153 Å². The lowest BCUT2D eigenvalue weighted by Crippen LogP contribution is -2.22. The lowest BCUT2D eigenvalue weighted by molar-refractivity contribution is -0.118. The first-order valence-corrected chi connectivity index (χ1v) is 8.56. The van der Waals surface area contributed by atoms with Crippen molar-refractivity contribution in [2.75, 3.05) is 13.2 Å². The smallest absolute Gasteiger partial charge is 0.216 e. The fourth-order valence-electron chi connectivity index (χ4n) is 2.95. The summed E-state index contributed by atoms with van der Waals surface area (Å²) < 4.78 is 11.7. The first-order valence-electron chi connectivity index (χ1n) is 8.56. The third-order valence-electron chi connectivity index (χ3n) is 4.12. The average molecular weight is 347 g/mol. The highest BCUT2D eigenvalue weighted by molar-refractivity contribution is 5.84. The van der Waals surface area contributed by atoms with Crippen LogP contribution in [0.2, 0.25) is 0 Å². The average Bonchev–Trinajstić information content (AvgIpc) is 2.97. The van der Waals surface area contributed by atoms with Gasteiger partial charge in [-0.2, -0.15) is 0 Å². The number of rotatable bonds is 7. The van der Waals surface area contributed by atoms with E-state index in [1.807, 2.05) is 36.4 Å². The number of hydrogen-bond acceptors (Lipinski definition) is 3. The second-order valence-corrected chi connectivity index (χ2v) is 6.05. The van der Waals surface area contributed by atoms with E-state index in [0.717, 1.165) is 22.3 Å². The third-order valence-corrected chi connectivity index (χ3v) is 4.12. The molecule has 1 heterocycles. The second-order valence-electron chi connectivity index (χ2n) is 6.05. The maximum Gasteiger partial charge on any atom is 0.216 e. The molecule has 1 N–H and O–H groups in total. The van der Waals surface area contributed by atoms with Gasteiger partial charge in [0.2, 0.25) is 5.91 Å². The Morgan fingerprint density at radius 2 is 2.04 bits per heavy atom. The molecule has 0 fully saturated rings. The maximum absolute atomic E-state index is 11.2. The molecule has 4 nitrogen and oxygen atoms in total. The molecule has 132 valence electrons. The topological polar surface area (TPSA) is 51.5 Å². The van der Waals surface area contributed by atoms with Crippen molar-refractivity contribution in [2.45, 2.75) is 19.8 Å². The monoisotopic (exact) mass is 347 g/mol. The van der Waals surface area contributed by atoms with Crippen molar-refractivity contribution < 1.29 is 13.9 Å². The number of terminal acetylenes is 1. The van der Waals surface area contributed by atoms with Crippen LogP contribution in [0.15, 0.2) is 52.9 Å². The summed E-state index contributed by atoms with van der Waals surface area (Å²) in [5, 5.41) is 3.85. The van der Waals surface area contributed by atoms with Crippen LogP contribution in [0.25, 0.3) is 11.0 Å². The molecule has 0 radical (unpaired) electrons. The molecule has 0 saturated heterocycles. The van der Waals surface area contributed by atoms with Crippen LogP contribution in [-0.4, -0.2) is 19.1 Å². The van der Waals surface area contributed by atoms with Crippen LogP contribution in [0.3, 0.4) is 0 Å². The molecule has 0 aliphatic heterocycles. The molecular formula is C22H21NO3. The molecular weight excluding hydrogens is 326 g/mol. The summed E-state index contributed by atoms with van der Waals surface area (Å²) in [7, 11) is 0. The van der Waals surface area contributed by atoms with Crippen LogP contribution in [0, 0.1) is 12.3 Å². The van der Waals surface area contributed by atoms with E-state index in [1.54, 1.807) is 0 Å². The first-order chi connectivity index (χ1) is 12.7. The lowest BCUT2D eigenvalue weighted by Gasteiger charge is -2.06. The lowest BCUT2D eigenvalue weighted by atomic mass is 10.0. The van der Waals surface area contributed by atoms with Crippen LogP contribution in [-0.2, 0) is 17.6 Å². The van der Waals surface area contributed by atoms with E-state index in [1.165, 1.54) is 12.5 Å². The summed E-state index contributed by atoms with van der Waals surface area (Å²) in [5.41, 5.74) is 3.07. The van der Waals surface area contributed by atoms with Gasteiger partial charge in [-0.3, -0.25) is 4.79 Å². The Morgan fingerprint density at radius 1 is 1.23 bits per heavy atom. The first kappa shape index (κ1) is 17.6. The minimum atomic E-state index is -0.0412.